The molecule has 1 aromatic carbocycles. The maximum atomic E-state index is 12.1. The molecule has 2 aliphatic heterocycles. The number of carbonyl (C=O) groups excluding carboxylic acids is 1. The highest BCUT2D eigenvalue weighted by Crippen LogP contribution is 2.26. The Labute approximate surface area is 166 Å². The number of benzene rings is 1. The van der Waals surface area contributed by atoms with Crippen LogP contribution in [0.15, 0.2) is 30.3 Å². The maximum absolute atomic E-state index is 12.1. The number of hydrogen-bond acceptors (Lipinski definition) is 4. The zero-order chi connectivity index (χ0) is 19.2. The number of nitrogens with one attached hydrogen (secondary N) is 3. The van der Waals surface area contributed by atoms with E-state index in [1.807, 2.05) is 4.68 Å². The molecule has 0 unspecified atom stereocenters. The average Bonchev–Trinajstić information content (AvgIpc) is 2.98. The van der Waals surface area contributed by atoms with Gasteiger partial charge in [-0.15, -0.1) is 0 Å². The molecule has 2 aromatic rings. The summed E-state index contributed by atoms with van der Waals surface area (Å²) in [6.07, 6.45) is 4.39. The van der Waals surface area contributed by atoms with Crippen LogP contribution < -0.4 is 20.9 Å². The van der Waals surface area contributed by atoms with Crippen LogP contribution in [0.3, 0.4) is 0 Å². The maximum Gasteiger partial charge on any atom is 0.315 e. The van der Waals surface area contributed by atoms with E-state index in [1.54, 1.807) is 0 Å². The van der Waals surface area contributed by atoms with E-state index in [-0.39, 0.29) is 6.03 Å². The number of aromatic nitrogens is 2. The molecule has 2 aliphatic rings. The third kappa shape index (κ3) is 4.65. The number of nitrogens with zero attached hydrogens (tertiary/aromatic N) is 3. The van der Waals surface area contributed by atoms with Gasteiger partial charge in [0.1, 0.15) is 0 Å². The average molecular weight is 383 g/mol. The molecule has 28 heavy (non-hydrogen) atoms. The van der Waals surface area contributed by atoms with Crippen molar-refractivity contribution in [1.82, 2.24) is 25.7 Å². The highest BCUT2D eigenvalue weighted by atomic mass is 16.2. The summed E-state index contributed by atoms with van der Waals surface area (Å²) in [4.78, 5) is 14.5. The fraction of sp³-hybridized carbons (Fsp3) is 0.524. The number of fused-ring (bicyclic) bond motifs is 2. The number of hydrogen-bond donors (Lipinski definition) is 3. The number of urea groups is 1. The molecule has 3 heterocycles. The van der Waals surface area contributed by atoms with E-state index in [0.717, 1.165) is 51.3 Å². The van der Waals surface area contributed by atoms with Crippen molar-refractivity contribution in [3.8, 4) is 0 Å². The third-order valence-electron chi connectivity index (χ3n) is 5.47. The lowest BCUT2D eigenvalue weighted by atomic mass is 10.0. The van der Waals surface area contributed by atoms with E-state index in [4.69, 9.17) is 0 Å². The summed E-state index contributed by atoms with van der Waals surface area (Å²) in [5, 5.41) is 13.9. The van der Waals surface area contributed by atoms with Gasteiger partial charge in [0, 0.05) is 38.4 Å². The molecule has 0 radical (unpaired) electrons. The molecule has 0 bridgehead atoms. The van der Waals surface area contributed by atoms with Crippen molar-refractivity contribution < 1.29 is 4.79 Å². The van der Waals surface area contributed by atoms with Crippen molar-refractivity contribution in [1.29, 1.82) is 0 Å². The number of para-hydroxylation sites is 1. The van der Waals surface area contributed by atoms with E-state index in [2.05, 4.69) is 56.3 Å². The second kappa shape index (κ2) is 9.10. The first-order chi connectivity index (χ1) is 13.8. The topological polar surface area (TPSA) is 74.2 Å². The van der Waals surface area contributed by atoms with Gasteiger partial charge in [-0.2, -0.15) is 5.10 Å². The van der Waals surface area contributed by atoms with Gasteiger partial charge in [0.05, 0.1) is 17.9 Å². The number of carbonyl (C=O) groups is 1. The molecule has 0 fully saturated rings. The normalized spacial score (nSPS) is 16.1. The van der Waals surface area contributed by atoms with Crippen LogP contribution in [0.2, 0.25) is 0 Å². The molecule has 0 spiro atoms. The van der Waals surface area contributed by atoms with Gasteiger partial charge in [0.25, 0.3) is 0 Å². The summed E-state index contributed by atoms with van der Waals surface area (Å²) < 4.78 is 2.05. The number of amides is 2. The van der Waals surface area contributed by atoms with Gasteiger partial charge in [-0.05, 0) is 49.9 Å². The standard InChI is InChI=1S/C21H30N6O/c28-21(24-15-18-14-19-16-22-9-4-13-27(19)25-18)23-10-5-12-26-11-3-7-17-6-1-2-8-20(17)26/h1-2,6,8,14,22H,3-5,7,9-13,15-16H2,(H2,23,24,28). The number of aryl methyl sites for hydroxylation is 2. The molecule has 3 N–H and O–H groups in total. The van der Waals surface area contributed by atoms with Gasteiger partial charge in [-0.1, -0.05) is 18.2 Å². The number of rotatable bonds is 6. The molecule has 0 aliphatic carbocycles. The largest absolute Gasteiger partial charge is 0.371 e. The van der Waals surface area contributed by atoms with Crippen molar-refractivity contribution >= 4 is 11.7 Å². The fourth-order valence-corrected chi connectivity index (χ4v) is 4.06. The summed E-state index contributed by atoms with van der Waals surface area (Å²) in [6.45, 7) is 6.02. The van der Waals surface area contributed by atoms with Crippen molar-refractivity contribution in [3.05, 3.63) is 47.3 Å². The Bertz CT molecular complexity index is 778. The van der Waals surface area contributed by atoms with Gasteiger partial charge in [-0.3, -0.25) is 4.68 Å². The predicted octanol–water partition coefficient (Wildman–Crippen LogP) is 2.02. The van der Waals surface area contributed by atoms with Gasteiger partial charge >= 0.3 is 6.03 Å². The first kappa shape index (κ1) is 18.8. The summed E-state index contributed by atoms with van der Waals surface area (Å²) in [7, 11) is 0. The van der Waals surface area contributed by atoms with Crippen LogP contribution in [0.1, 0.15) is 36.2 Å². The minimum Gasteiger partial charge on any atom is -0.371 e. The van der Waals surface area contributed by atoms with E-state index < -0.39 is 0 Å². The zero-order valence-corrected chi connectivity index (χ0v) is 16.4. The van der Waals surface area contributed by atoms with Crippen LogP contribution in [0, 0.1) is 0 Å². The molecule has 7 nitrogen and oxygen atoms in total. The second-order valence-corrected chi connectivity index (χ2v) is 7.56. The van der Waals surface area contributed by atoms with Crippen LogP contribution in [0.25, 0.3) is 0 Å². The van der Waals surface area contributed by atoms with Crippen LogP contribution >= 0.6 is 0 Å². The van der Waals surface area contributed by atoms with Crippen molar-refractivity contribution in [2.75, 3.05) is 31.1 Å². The van der Waals surface area contributed by atoms with E-state index in [9.17, 15) is 4.79 Å². The monoisotopic (exact) mass is 382 g/mol. The van der Waals surface area contributed by atoms with E-state index >= 15 is 0 Å². The summed E-state index contributed by atoms with van der Waals surface area (Å²) in [5.74, 6) is 0. The van der Waals surface area contributed by atoms with E-state index in [0.29, 0.717) is 13.1 Å². The lowest BCUT2D eigenvalue weighted by Crippen LogP contribution is -2.37. The molecule has 7 heteroatoms. The zero-order valence-electron chi connectivity index (χ0n) is 16.4. The Hall–Kier alpha value is -2.54. The Morgan fingerprint density at radius 1 is 1.18 bits per heavy atom. The highest BCUT2D eigenvalue weighted by Gasteiger charge is 2.15. The Morgan fingerprint density at radius 3 is 3.07 bits per heavy atom. The SMILES string of the molecule is O=C(NCCCN1CCCc2ccccc21)NCc1cc2n(n1)CCCNC2. The second-order valence-electron chi connectivity index (χ2n) is 7.56. The fourth-order valence-electron chi connectivity index (χ4n) is 4.06. The summed E-state index contributed by atoms with van der Waals surface area (Å²) in [6, 6.07) is 10.6. The third-order valence-corrected chi connectivity index (χ3v) is 5.47. The molecule has 0 saturated carbocycles. The first-order valence-electron chi connectivity index (χ1n) is 10.4. The Kier molecular flexibility index (Phi) is 6.11. The molecule has 1 aromatic heterocycles. The molecule has 150 valence electrons. The van der Waals surface area contributed by atoms with Gasteiger partial charge in [-0.25, -0.2) is 4.79 Å². The molecule has 0 atom stereocenters. The minimum absolute atomic E-state index is 0.125. The van der Waals surface area contributed by atoms with Crippen molar-refractivity contribution in [3.63, 3.8) is 0 Å². The molecule has 4 rings (SSSR count). The molecular formula is C21H30N6O. The summed E-state index contributed by atoms with van der Waals surface area (Å²) >= 11 is 0. The molecule has 2 amide bonds. The van der Waals surface area contributed by atoms with Crippen LogP contribution in [-0.2, 0) is 26.1 Å². The molecular weight excluding hydrogens is 352 g/mol. The first-order valence-corrected chi connectivity index (χ1v) is 10.4. The summed E-state index contributed by atoms with van der Waals surface area (Å²) in [5.41, 5.74) is 4.90. The lowest BCUT2D eigenvalue weighted by Gasteiger charge is -2.31. The Morgan fingerprint density at radius 2 is 2.11 bits per heavy atom. The van der Waals surface area contributed by atoms with Gasteiger partial charge in [0.15, 0.2) is 0 Å². The van der Waals surface area contributed by atoms with Crippen molar-refractivity contribution in [2.24, 2.45) is 0 Å². The lowest BCUT2D eigenvalue weighted by molar-refractivity contribution is 0.240. The van der Waals surface area contributed by atoms with Crippen LogP contribution in [-0.4, -0.2) is 42.0 Å². The minimum atomic E-state index is -0.125. The smallest absolute Gasteiger partial charge is 0.315 e. The van der Waals surface area contributed by atoms with Gasteiger partial charge < -0.3 is 20.9 Å². The molecule has 0 saturated heterocycles. The van der Waals surface area contributed by atoms with E-state index in [1.165, 1.54) is 29.8 Å². The quantitative estimate of drug-likeness (QED) is 0.669. The Balaban J connectivity index is 1.17. The number of anilines is 1. The van der Waals surface area contributed by atoms with Crippen LogP contribution in [0.5, 0.6) is 0 Å². The predicted molar refractivity (Wildman–Crippen MR) is 110 cm³/mol. The highest BCUT2D eigenvalue weighted by molar-refractivity contribution is 5.73. The van der Waals surface area contributed by atoms with Crippen molar-refractivity contribution in [2.45, 2.75) is 45.3 Å². The van der Waals surface area contributed by atoms with Gasteiger partial charge in [0.2, 0.25) is 0 Å². The van der Waals surface area contributed by atoms with Crippen LogP contribution in [0.4, 0.5) is 10.5 Å².